The van der Waals surface area contributed by atoms with Crippen LogP contribution in [0.4, 0.5) is 8.78 Å². The SMILES string of the molecule is CO[C@@H](Cn1c(Cc2ccc(-c3cccc(OCc4ccc(C)cc4F)n3)cc2F)nc2ccc(C(=O)O)cc21)C(=O)O. The van der Waals surface area contributed by atoms with Crippen molar-refractivity contribution in [3.63, 3.8) is 0 Å². The minimum Gasteiger partial charge on any atom is -0.479 e. The molecule has 0 saturated heterocycles. The number of rotatable bonds is 11. The number of ether oxygens (including phenoxy) is 2. The van der Waals surface area contributed by atoms with Crippen LogP contribution in [0.1, 0.15) is 32.9 Å². The molecule has 0 aliphatic rings. The predicted octanol–water partition coefficient (Wildman–Crippen LogP) is 5.65. The zero-order chi connectivity index (χ0) is 30.7. The molecule has 11 heteroatoms. The molecule has 2 aromatic heterocycles. The normalized spacial score (nSPS) is 11.9. The molecule has 9 nitrogen and oxygen atoms in total. The average Bonchev–Trinajstić information content (AvgIpc) is 3.32. The molecule has 0 amide bonds. The highest BCUT2D eigenvalue weighted by Crippen LogP contribution is 2.26. The third kappa shape index (κ3) is 6.52. The van der Waals surface area contributed by atoms with Gasteiger partial charge in [0, 0.05) is 30.7 Å². The van der Waals surface area contributed by atoms with Gasteiger partial charge in [-0.2, -0.15) is 0 Å². The van der Waals surface area contributed by atoms with Gasteiger partial charge in [0.05, 0.1) is 28.8 Å². The van der Waals surface area contributed by atoms with Crippen LogP contribution in [-0.2, 0) is 29.1 Å². The second-order valence-corrected chi connectivity index (χ2v) is 9.94. The molecule has 0 radical (unpaired) electrons. The number of aliphatic carboxylic acids is 1. The van der Waals surface area contributed by atoms with E-state index in [9.17, 15) is 24.2 Å². The van der Waals surface area contributed by atoms with Crippen LogP contribution in [0.2, 0.25) is 0 Å². The molecule has 0 bridgehead atoms. The van der Waals surface area contributed by atoms with Crippen molar-refractivity contribution in [2.75, 3.05) is 7.11 Å². The number of aryl methyl sites for hydroxylation is 1. The van der Waals surface area contributed by atoms with Gasteiger partial charge in [0.15, 0.2) is 6.10 Å². The predicted molar refractivity (Wildman–Crippen MR) is 153 cm³/mol. The van der Waals surface area contributed by atoms with E-state index in [1.807, 2.05) is 0 Å². The second kappa shape index (κ2) is 12.4. The maximum atomic E-state index is 15.4. The molecule has 43 heavy (non-hydrogen) atoms. The van der Waals surface area contributed by atoms with Gasteiger partial charge in [-0.1, -0.05) is 30.3 Å². The lowest BCUT2D eigenvalue weighted by molar-refractivity contribution is -0.149. The van der Waals surface area contributed by atoms with E-state index in [1.165, 1.54) is 42.0 Å². The lowest BCUT2D eigenvalue weighted by Gasteiger charge is -2.15. The molecule has 5 aromatic rings. The largest absolute Gasteiger partial charge is 0.479 e. The highest BCUT2D eigenvalue weighted by molar-refractivity contribution is 5.92. The van der Waals surface area contributed by atoms with Gasteiger partial charge in [-0.15, -0.1) is 0 Å². The Morgan fingerprint density at radius 2 is 1.70 bits per heavy atom. The first kappa shape index (κ1) is 29.3. The van der Waals surface area contributed by atoms with Crippen molar-refractivity contribution in [3.8, 4) is 17.1 Å². The smallest absolute Gasteiger partial charge is 0.335 e. The van der Waals surface area contributed by atoms with Crippen molar-refractivity contribution in [2.45, 2.75) is 32.6 Å². The molecular formula is C32H27F2N3O6. The molecule has 0 saturated carbocycles. The summed E-state index contributed by atoms with van der Waals surface area (Å²) in [4.78, 5) is 32.2. The van der Waals surface area contributed by atoms with Crippen molar-refractivity contribution in [3.05, 3.63) is 113 Å². The Morgan fingerprint density at radius 1 is 0.930 bits per heavy atom. The van der Waals surface area contributed by atoms with Crippen molar-refractivity contribution < 1.29 is 38.1 Å². The Labute approximate surface area is 245 Å². The molecule has 0 unspecified atom stereocenters. The minimum atomic E-state index is -1.24. The number of benzene rings is 3. The third-order valence-corrected chi connectivity index (χ3v) is 6.99. The molecule has 0 aliphatic carbocycles. The van der Waals surface area contributed by atoms with E-state index < -0.39 is 23.9 Å². The Bertz CT molecular complexity index is 1840. The van der Waals surface area contributed by atoms with Gasteiger partial charge in [-0.05, 0) is 54.4 Å². The number of carbonyl (C=O) groups is 2. The summed E-state index contributed by atoms with van der Waals surface area (Å²) in [6.07, 6.45) is -1.24. The van der Waals surface area contributed by atoms with E-state index in [1.54, 1.807) is 49.4 Å². The Morgan fingerprint density at radius 3 is 2.40 bits per heavy atom. The maximum absolute atomic E-state index is 15.4. The van der Waals surface area contributed by atoms with Crippen molar-refractivity contribution in [1.29, 1.82) is 0 Å². The average molecular weight is 588 g/mol. The van der Waals surface area contributed by atoms with Crippen molar-refractivity contribution in [1.82, 2.24) is 14.5 Å². The lowest BCUT2D eigenvalue weighted by atomic mass is 10.1. The van der Waals surface area contributed by atoms with E-state index in [-0.39, 0.29) is 42.4 Å². The van der Waals surface area contributed by atoms with Crippen molar-refractivity contribution >= 4 is 23.0 Å². The second-order valence-electron chi connectivity index (χ2n) is 9.94. The molecule has 1 atom stereocenters. The number of hydrogen-bond acceptors (Lipinski definition) is 6. The van der Waals surface area contributed by atoms with Gasteiger partial charge in [0.1, 0.15) is 24.1 Å². The molecule has 5 rings (SSSR count). The van der Waals surface area contributed by atoms with E-state index in [0.29, 0.717) is 33.7 Å². The van der Waals surface area contributed by atoms with Crippen LogP contribution in [0.15, 0.2) is 72.8 Å². The summed E-state index contributed by atoms with van der Waals surface area (Å²) in [6, 6.07) is 18.8. The number of halogens is 2. The first-order chi connectivity index (χ1) is 20.6. The summed E-state index contributed by atoms with van der Waals surface area (Å²) < 4.78 is 41.9. The Hall–Kier alpha value is -5.16. The summed E-state index contributed by atoms with van der Waals surface area (Å²) in [6.45, 7) is 1.62. The summed E-state index contributed by atoms with van der Waals surface area (Å²) in [7, 11) is 1.26. The van der Waals surface area contributed by atoms with E-state index in [0.717, 1.165) is 5.56 Å². The fourth-order valence-corrected chi connectivity index (χ4v) is 4.66. The molecule has 0 fully saturated rings. The summed E-state index contributed by atoms with van der Waals surface area (Å²) in [5.41, 5.74) is 3.23. The number of carboxylic acids is 2. The van der Waals surface area contributed by atoms with Gasteiger partial charge in [-0.25, -0.2) is 28.3 Å². The summed E-state index contributed by atoms with van der Waals surface area (Å²) >= 11 is 0. The molecule has 2 heterocycles. The molecular weight excluding hydrogens is 560 g/mol. The fraction of sp³-hybridized carbons (Fsp3) is 0.188. The van der Waals surface area contributed by atoms with Crippen LogP contribution in [0.3, 0.4) is 0 Å². The van der Waals surface area contributed by atoms with E-state index in [2.05, 4.69) is 9.97 Å². The Kier molecular flexibility index (Phi) is 8.44. The van der Waals surface area contributed by atoms with Crippen LogP contribution in [0.25, 0.3) is 22.3 Å². The van der Waals surface area contributed by atoms with Crippen LogP contribution in [-0.4, -0.2) is 49.9 Å². The molecule has 2 N–H and O–H groups in total. The van der Waals surface area contributed by atoms with Crippen molar-refractivity contribution in [2.24, 2.45) is 0 Å². The number of fused-ring (bicyclic) bond motifs is 1. The number of aromatic nitrogens is 3. The number of carboxylic acid groups (broad SMARTS) is 2. The first-order valence-corrected chi connectivity index (χ1v) is 13.2. The van der Waals surface area contributed by atoms with Crippen LogP contribution in [0, 0.1) is 18.6 Å². The van der Waals surface area contributed by atoms with Crippen LogP contribution >= 0.6 is 0 Å². The molecule has 0 aliphatic heterocycles. The van der Waals surface area contributed by atoms with E-state index in [4.69, 9.17) is 9.47 Å². The number of nitrogens with zero attached hydrogens (tertiary/aromatic N) is 3. The molecule has 0 spiro atoms. The highest BCUT2D eigenvalue weighted by Gasteiger charge is 2.22. The molecule has 3 aromatic carbocycles. The maximum Gasteiger partial charge on any atom is 0.335 e. The number of hydrogen-bond donors (Lipinski definition) is 2. The molecule has 220 valence electrons. The number of pyridine rings is 1. The first-order valence-electron chi connectivity index (χ1n) is 13.2. The number of methoxy groups -OCH3 is 1. The monoisotopic (exact) mass is 587 g/mol. The topological polar surface area (TPSA) is 124 Å². The third-order valence-electron chi connectivity index (χ3n) is 6.99. The highest BCUT2D eigenvalue weighted by atomic mass is 19.1. The standard InChI is InChI=1S/C32H27F2N3O6/c1-18-6-7-22(23(33)12-18)17-43-30-5-3-4-25(36-30)20-9-8-19(24(34)13-20)15-29-35-26-11-10-21(31(38)39)14-27(26)37(29)16-28(42-2)32(40)41/h3-14,28H,15-17H2,1-2H3,(H,38,39)(H,40,41)/t28-/m0/s1. The lowest BCUT2D eigenvalue weighted by Crippen LogP contribution is -2.28. The summed E-state index contributed by atoms with van der Waals surface area (Å²) in [5, 5.41) is 19.0. The van der Waals surface area contributed by atoms with Gasteiger partial charge < -0.3 is 24.3 Å². The number of aromatic carboxylic acids is 1. The summed E-state index contributed by atoms with van der Waals surface area (Å²) in [5.74, 6) is -2.68. The van der Waals surface area contributed by atoms with Gasteiger partial charge in [0.25, 0.3) is 0 Å². The minimum absolute atomic E-state index is 0.00204. The quantitative estimate of drug-likeness (QED) is 0.203. The fourth-order valence-electron chi connectivity index (χ4n) is 4.66. The zero-order valence-electron chi connectivity index (χ0n) is 23.3. The van der Waals surface area contributed by atoms with E-state index >= 15 is 4.39 Å². The zero-order valence-corrected chi connectivity index (χ0v) is 23.3. The van der Waals surface area contributed by atoms with Crippen LogP contribution in [0.5, 0.6) is 5.88 Å². The number of imidazole rings is 1. The van der Waals surface area contributed by atoms with Gasteiger partial charge in [0.2, 0.25) is 5.88 Å². The van der Waals surface area contributed by atoms with Crippen LogP contribution < -0.4 is 4.74 Å². The Balaban J connectivity index is 1.41. The van der Waals surface area contributed by atoms with Gasteiger partial charge >= 0.3 is 11.9 Å². The van der Waals surface area contributed by atoms with Gasteiger partial charge in [-0.3, -0.25) is 0 Å².